The Kier molecular flexibility index (Phi) is 12.1. The first kappa shape index (κ1) is 27.0. The van der Waals surface area contributed by atoms with Gasteiger partial charge >= 0.3 is 0 Å². The Morgan fingerprint density at radius 1 is 1.12 bits per heavy atom. The van der Waals surface area contributed by atoms with Gasteiger partial charge in [-0.3, -0.25) is 14.7 Å². The number of aliphatic imine (C=N–C) groups is 1. The highest BCUT2D eigenvalue weighted by Gasteiger charge is 2.24. The van der Waals surface area contributed by atoms with Gasteiger partial charge in [0.25, 0.3) is 5.91 Å². The molecule has 0 radical (unpaired) electrons. The van der Waals surface area contributed by atoms with Crippen molar-refractivity contribution in [2.24, 2.45) is 4.99 Å². The van der Waals surface area contributed by atoms with Gasteiger partial charge in [-0.15, -0.1) is 24.0 Å². The molecule has 9 heteroatoms. The van der Waals surface area contributed by atoms with Crippen LogP contribution >= 0.6 is 24.0 Å². The van der Waals surface area contributed by atoms with Crippen LogP contribution in [0.3, 0.4) is 0 Å². The lowest BCUT2D eigenvalue weighted by Crippen LogP contribution is -2.40. The Bertz CT molecular complexity index is 854. The van der Waals surface area contributed by atoms with Gasteiger partial charge in [-0.1, -0.05) is 12.5 Å². The first-order valence-corrected chi connectivity index (χ1v) is 11.5. The number of nitrogens with one attached hydrogen (secondary N) is 3. The molecule has 1 aliphatic heterocycles. The van der Waals surface area contributed by atoms with Crippen LogP contribution in [0, 0.1) is 0 Å². The average molecular weight is 569 g/mol. The minimum Gasteiger partial charge on any atom is -0.508 e. The summed E-state index contributed by atoms with van der Waals surface area (Å²) in [6, 6.07) is 10.5. The van der Waals surface area contributed by atoms with Crippen LogP contribution in [-0.2, 0) is 0 Å². The number of amides is 1. The maximum absolute atomic E-state index is 12.1. The number of rotatable bonds is 10. The average Bonchev–Trinajstić information content (AvgIpc) is 3.34. The van der Waals surface area contributed by atoms with Gasteiger partial charge in [-0.05, 0) is 69.6 Å². The van der Waals surface area contributed by atoms with Gasteiger partial charge in [0.15, 0.2) is 5.96 Å². The number of carbonyl (C=O) groups is 1. The lowest BCUT2D eigenvalue weighted by Gasteiger charge is -2.32. The van der Waals surface area contributed by atoms with E-state index in [4.69, 9.17) is 9.41 Å². The van der Waals surface area contributed by atoms with Gasteiger partial charge < -0.3 is 25.5 Å². The predicted molar refractivity (Wildman–Crippen MR) is 141 cm³/mol. The molecule has 1 fully saturated rings. The van der Waals surface area contributed by atoms with Crippen molar-refractivity contribution in [2.45, 2.75) is 38.6 Å². The van der Waals surface area contributed by atoms with Crippen molar-refractivity contribution in [1.29, 1.82) is 0 Å². The third-order valence-electron chi connectivity index (χ3n) is 5.51. The normalized spacial score (nSPS) is 15.4. The molecule has 1 aliphatic rings. The molecule has 1 aromatic heterocycles. The molecule has 0 bridgehead atoms. The Morgan fingerprint density at radius 3 is 2.61 bits per heavy atom. The van der Waals surface area contributed by atoms with Crippen LogP contribution in [-0.4, -0.2) is 61.1 Å². The molecule has 0 spiro atoms. The predicted octanol–water partition coefficient (Wildman–Crippen LogP) is 3.51. The summed E-state index contributed by atoms with van der Waals surface area (Å²) in [6.45, 7) is 6.80. The zero-order valence-corrected chi connectivity index (χ0v) is 21.6. The molecule has 1 saturated heterocycles. The summed E-state index contributed by atoms with van der Waals surface area (Å²) in [6.07, 6.45) is 6.20. The van der Waals surface area contributed by atoms with Crippen LogP contribution < -0.4 is 16.0 Å². The number of phenols is 1. The number of hydrogen-bond acceptors (Lipinski definition) is 5. The number of halogens is 1. The van der Waals surface area contributed by atoms with Crippen LogP contribution in [0.25, 0.3) is 0 Å². The topological polar surface area (TPSA) is 102 Å². The lowest BCUT2D eigenvalue weighted by molar-refractivity contribution is 0.0953. The quantitative estimate of drug-likeness (QED) is 0.151. The Morgan fingerprint density at radius 2 is 1.91 bits per heavy atom. The molecular weight excluding hydrogens is 533 g/mol. The smallest absolute Gasteiger partial charge is 0.251 e. The van der Waals surface area contributed by atoms with E-state index in [1.54, 1.807) is 24.5 Å². The van der Waals surface area contributed by atoms with Crippen molar-refractivity contribution in [1.82, 2.24) is 20.9 Å². The highest BCUT2D eigenvalue weighted by atomic mass is 127. The van der Waals surface area contributed by atoms with Crippen LogP contribution in [0.15, 0.2) is 52.1 Å². The third-order valence-corrected chi connectivity index (χ3v) is 5.51. The first-order chi connectivity index (χ1) is 15.7. The van der Waals surface area contributed by atoms with E-state index in [1.807, 2.05) is 19.1 Å². The highest BCUT2D eigenvalue weighted by Crippen LogP contribution is 2.25. The number of phenolic OH excluding ortho intramolecular Hbond substituents is 1. The molecule has 0 aliphatic carbocycles. The molecule has 3 rings (SSSR count). The summed E-state index contributed by atoms with van der Waals surface area (Å²) in [4.78, 5) is 19.4. The van der Waals surface area contributed by atoms with E-state index >= 15 is 0 Å². The van der Waals surface area contributed by atoms with Crippen molar-refractivity contribution in [2.75, 3.05) is 39.3 Å². The number of aromatic hydroxyl groups is 1. The molecule has 2 heterocycles. The minimum absolute atomic E-state index is 0. The number of benzene rings is 1. The van der Waals surface area contributed by atoms with Crippen molar-refractivity contribution in [3.63, 3.8) is 0 Å². The maximum Gasteiger partial charge on any atom is 0.251 e. The number of likely N-dealkylation sites (tertiary alicyclic amines) is 1. The second-order valence-electron chi connectivity index (χ2n) is 7.93. The largest absolute Gasteiger partial charge is 0.508 e. The molecular formula is C24H36IN5O3. The van der Waals surface area contributed by atoms with Gasteiger partial charge in [-0.25, -0.2) is 0 Å². The molecule has 8 nitrogen and oxygen atoms in total. The molecule has 182 valence electrons. The number of piperidine rings is 1. The molecule has 1 unspecified atom stereocenters. The van der Waals surface area contributed by atoms with Crippen LogP contribution in [0.2, 0.25) is 0 Å². The van der Waals surface area contributed by atoms with E-state index in [-0.39, 0.29) is 41.7 Å². The van der Waals surface area contributed by atoms with Crippen LogP contribution in [0.5, 0.6) is 5.75 Å². The lowest BCUT2D eigenvalue weighted by atomic mass is 10.1. The Hall–Kier alpha value is -2.27. The zero-order valence-electron chi connectivity index (χ0n) is 19.3. The fourth-order valence-corrected chi connectivity index (χ4v) is 3.86. The number of carbonyl (C=O) groups excluding carboxylic acids is 1. The van der Waals surface area contributed by atoms with Crippen molar-refractivity contribution >= 4 is 35.8 Å². The molecule has 4 N–H and O–H groups in total. The first-order valence-electron chi connectivity index (χ1n) is 11.5. The summed E-state index contributed by atoms with van der Waals surface area (Å²) in [7, 11) is 0. The number of guanidine groups is 1. The van der Waals surface area contributed by atoms with E-state index in [0.29, 0.717) is 25.2 Å². The molecule has 1 atom stereocenters. The number of hydrogen-bond donors (Lipinski definition) is 4. The number of furan rings is 1. The fraction of sp³-hybridized carbons (Fsp3) is 0.500. The highest BCUT2D eigenvalue weighted by molar-refractivity contribution is 14.0. The summed E-state index contributed by atoms with van der Waals surface area (Å²) in [5, 5.41) is 19.0. The molecule has 0 saturated carbocycles. The molecule has 1 amide bonds. The summed E-state index contributed by atoms with van der Waals surface area (Å²) < 4.78 is 5.71. The standard InChI is InChI=1S/C24H35N5O3.HI/c1-2-25-24(27-13-8-12-26-23(31)19-9-6-10-20(30)17-19)28-18-21(22-11-7-16-32-22)29-14-4-3-5-15-29;/h6-7,9-11,16-17,21,30H,2-5,8,12-15,18H2,1H3,(H,26,31)(H2,25,27,28);1H. The van der Waals surface area contributed by atoms with E-state index in [0.717, 1.165) is 37.8 Å². The summed E-state index contributed by atoms with van der Waals surface area (Å²) in [5.74, 6) is 1.62. The van der Waals surface area contributed by atoms with Crippen molar-refractivity contribution in [3.8, 4) is 5.75 Å². The second-order valence-corrected chi connectivity index (χ2v) is 7.93. The minimum atomic E-state index is -0.190. The SMILES string of the molecule is CCNC(=NCC(c1ccco1)N1CCCCC1)NCCCNC(=O)c1cccc(O)c1.I. The zero-order chi connectivity index (χ0) is 22.6. The fourth-order valence-electron chi connectivity index (χ4n) is 3.86. The molecule has 33 heavy (non-hydrogen) atoms. The monoisotopic (exact) mass is 569 g/mol. The third kappa shape index (κ3) is 8.88. The van der Waals surface area contributed by atoms with E-state index in [9.17, 15) is 9.90 Å². The van der Waals surface area contributed by atoms with Crippen LogP contribution in [0.1, 0.15) is 54.8 Å². The summed E-state index contributed by atoms with van der Waals surface area (Å²) >= 11 is 0. The van der Waals surface area contributed by atoms with E-state index in [2.05, 4.69) is 20.9 Å². The summed E-state index contributed by atoms with van der Waals surface area (Å²) in [5.41, 5.74) is 0.453. The second kappa shape index (κ2) is 14.8. The van der Waals surface area contributed by atoms with Crippen molar-refractivity contribution < 1.29 is 14.3 Å². The Balaban J connectivity index is 0.00000385. The number of nitrogens with zero attached hydrogens (tertiary/aromatic N) is 2. The van der Waals surface area contributed by atoms with Gasteiger partial charge in [0.05, 0.1) is 18.8 Å². The van der Waals surface area contributed by atoms with Gasteiger partial charge in [0, 0.05) is 25.2 Å². The van der Waals surface area contributed by atoms with E-state index in [1.165, 1.54) is 25.3 Å². The van der Waals surface area contributed by atoms with Crippen LogP contribution in [0.4, 0.5) is 0 Å². The van der Waals surface area contributed by atoms with Gasteiger partial charge in [0.1, 0.15) is 11.5 Å². The van der Waals surface area contributed by atoms with Gasteiger partial charge in [0.2, 0.25) is 0 Å². The van der Waals surface area contributed by atoms with Gasteiger partial charge in [-0.2, -0.15) is 0 Å². The van der Waals surface area contributed by atoms with Crippen molar-refractivity contribution in [3.05, 3.63) is 54.0 Å². The Labute approximate surface area is 213 Å². The molecule has 1 aromatic carbocycles. The maximum atomic E-state index is 12.1. The van der Waals surface area contributed by atoms with E-state index < -0.39 is 0 Å². The molecule has 2 aromatic rings.